The number of hydrogen-bond acceptors (Lipinski definition) is 3. The van der Waals surface area contributed by atoms with Gasteiger partial charge in [0.2, 0.25) is 0 Å². The zero-order valence-corrected chi connectivity index (χ0v) is 14.1. The van der Waals surface area contributed by atoms with Crippen LogP contribution in [0.1, 0.15) is 21.5 Å². The lowest BCUT2D eigenvalue weighted by Gasteiger charge is -2.11. The van der Waals surface area contributed by atoms with E-state index in [2.05, 4.69) is 5.32 Å². The number of rotatable bonds is 5. The molecule has 0 fully saturated rings. The van der Waals surface area contributed by atoms with Crippen molar-refractivity contribution in [3.8, 4) is 0 Å². The fourth-order valence-corrected chi connectivity index (χ4v) is 3.18. The maximum absolute atomic E-state index is 12.3. The summed E-state index contributed by atoms with van der Waals surface area (Å²) in [6.45, 7) is 0.437. The van der Waals surface area contributed by atoms with Crippen molar-refractivity contribution in [2.75, 3.05) is 11.9 Å². The highest BCUT2D eigenvalue weighted by Crippen LogP contribution is 2.28. The van der Waals surface area contributed by atoms with Crippen LogP contribution in [0.25, 0.3) is 0 Å². The second kappa shape index (κ2) is 6.71. The molecule has 24 heavy (non-hydrogen) atoms. The van der Waals surface area contributed by atoms with E-state index in [-0.39, 0.29) is 12.5 Å². The first-order chi connectivity index (χ1) is 11.5. The van der Waals surface area contributed by atoms with Crippen molar-refractivity contribution < 1.29 is 14.7 Å². The fourth-order valence-electron chi connectivity index (χ4n) is 2.65. The highest BCUT2D eigenvalue weighted by Gasteiger charge is 2.28. The molecule has 0 aromatic heterocycles. The summed E-state index contributed by atoms with van der Waals surface area (Å²) in [5.41, 5.74) is 2.87. The van der Waals surface area contributed by atoms with Gasteiger partial charge in [-0.3, -0.25) is 9.59 Å². The Bertz CT molecular complexity index is 803. The molecule has 0 radical (unpaired) electrons. The number of carboxylic acids is 1. The minimum absolute atomic E-state index is 0.271. The van der Waals surface area contributed by atoms with Gasteiger partial charge >= 0.3 is 5.97 Å². The molecule has 7 heteroatoms. The lowest BCUT2D eigenvalue weighted by Crippen LogP contribution is -2.29. The van der Waals surface area contributed by atoms with Crippen LogP contribution in [0.15, 0.2) is 36.4 Å². The molecule has 0 bridgehead atoms. The Labute approximate surface area is 148 Å². The minimum atomic E-state index is -1.03. The van der Waals surface area contributed by atoms with E-state index in [0.29, 0.717) is 28.7 Å². The third-order valence-electron chi connectivity index (χ3n) is 3.85. The standard InChI is InChI=1S/C17H14Cl2N2O3/c18-14-2-1-3-15(19)13(14)7-20-11-5-4-10-8-21(9-16(22)23)17(24)12(10)6-11/h1-6,20H,7-9H2,(H,22,23). The fraction of sp³-hybridized carbons (Fsp3) is 0.176. The van der Waals surface area contributed by atoms with E-state index in [4.69, 9.17) is 28.3 Å². The number of halogens is 2. The van der Waals surface area contributed by atoms with E-state index < -0.39 is 5.97 Å². The van der Waals surface area contributed by atoms with E-state index in [1.807, 2.05) is 12.1 Å². The van der Waals surface area contributed by atoms with Crippen molar-refractivity contribution in [2.24, 2.45) is 0 Å². The van der Waals surface area contributed by atoms with E-state index >= 15 is 0 Å². The molecule has 0 saturated carbocycles. The Kier molecular flexibility index (Phi) is 4.64. The van der Waals surface area contributed by atoms with Gasteiger partial charge in [-0.2, -0.15) is 0 Å². The van der Waals surface area contributed by atoms with Gasteiger partial charge in [-0.15, -0.1) is 0 Å². The Morgan fingerprint density at radius 1 is 1.21 bits per heavy atom. The molecular weight excluding hydrogens is 351 g/mol. The number of anilines is 1. The van der Waals surface area contributed by atoms with Gasteiger partial charge in [0.05, 0.1) is 0 Å². The van der Waals surface area contributed by atoms with Gasteiger partial charge in [0.25, 0.3) is 5.91 Å². The molecular formula is C17H14Cl2N2O3. The molecule has 124 valence electrons. The first kappa shape index (κ1) is 16.6. The van der Waals surface area contributed by atoms with Crippen LogP contribution >= 0.6 is 23.2 Å². The molecule has 1 aliphatic heterocycles. The van der Waals surface area contributed by atoms with Gasteiger partial charge < -0.3 is 15.3 Å². The van der Waals surface area contributed by atoms with Gasteiger partial charge in [-0.25, -0.2) is 0 Å². The van der Waals surface area contributed by atoms with Crippen molar-refractivity contribution in [3.05, 3.63) is 63.1 Å². The molecule has 1 amide bonds. The normalized spacial score (nSPS) is 13.1. The molecule has 2 aromatic rings. The summed E-state index contributed by atoms with van der Waals surface area (Å²) in [5.74, 6) is -1.30. The SMILES string of the molecule is O=C(O)CN1Cc2ccc(NCc3c(Cl)cccc3Cl)cc2C1=O. The molecule has 2 aromatic carbocycles. The van der Waals surface area contributed by atoms with Crippen molar-refractivity contribution in [2.45, 2.75) is 13.1 Å². The molecule has 0 atom stereocenters. The third kappa shape index (κ3) is 3.32. The number of benzene rings is 2. The van der Waals surface area contributed by atoms with Crippen LogP contribution in [0.2, 0.25) is 10.0 Å². The van der Waals surface area contributed by atoms with Crippen LogP contribution in [-0.4, -0.2) is 28.4 Å². The Morgan fingerprint density at radius 2 is 1.92 bits per heavy atom. The third-order valence-corrected chi connectivity index (χ3v) is 4.55. The largest absolute Gasteiger partial charge is 0.480 e. The van der Waals surface area contributed by atoms with Gasteiger partial charge in [0.1, 0.15) is 6.54 Å². The van der Waals surface area contributed by atoms with Crippen molar-refractivity contribution in [3.63, 3.8) is 0 Å². The zero-order chi connectivity index (χ0) is 17.3. The van der Waals surface area contributed by atoms with Gasteiger partial charge in [0.15, 0.2) is 0 Å². The van der Waals surface area contributed by atoms with Crippen LogP contribution in [0.5, 0.6) is 0 Å². The Hall–Kier alpha value is -2.24. The summed E-state index contributed by atoms with van der Waals surface area (Å²) in [7, 11) is 0. The molecule has 2 N–H and O–H groups in total. The van der Waals surface area contributed by atoms with Crippen LogP contribution in [0.3, 0.4) is 0 Å². The number of nitrogens with one attached hydrogen (secondary N) is 1. The van der Waals surface area contributed by atoms with Gasteiger partial charge in [0, 0.05) is 39.9 Å². The number of hydrogen-bond donors (Lipinski definition) is 2. The maximum Gasteiger partial charge on any atom is 0.323 e. The summed E-state index contributed by atoms with van der Waals surface area (Å²) < 4.78 is 0. The van der Waals surface area contributed by atoms with Crippen molar-refractivity contribution in [1.29, 1.82) is 0 Å². The number of carbonyl (C=O) groups is 2. The van der Waals surface area contributed by atoms with Crippen LogP contribution in [0, 0.1) is 0 Å². The molecule has 1 aliphatic rings. The van der Waals surface area contributed by atoms with Crippen molar-refractivity contribution in [1.82, 2.24) is 4.90 Å². The number of carbonyl (C=O) groups excluding carboxylic acids is 1. The van der Waals surface area contributed by atoms with Crippen LogP contribution < -0.4 is 5.32 Å². The van der Waals surface area contributed by atoms with Crippen LogP contribution in [-0.2, 0) is 17.9 Å². The second-order valence-electron chi connectivity index (χ2n) is 5.48. The zero-order valence-electron chi connectivity index (χ0n) is 12.6. The molecule has 3 rings (SSSR count). The smallest absolute Gasteiger partial charge is 0.323 e. The lowest BCUT2D eigenvalue weighted by molar-refractivity contribution is -0.137. The average molecular weight is 365 g/mol. The van der Waals surface area contributed by atoms with Gasteiger partial charge in [-0.1, -0.05) is 35.3 Å². The summed E-state index contributed by atoms with van der Waals surface area (Å²) >= 11 is 12.3. The predicted octanol–water partition coefficient (Wildman–Crippen LogP) is 3.65. The second-order valence-corrected chi connectivity index (χ2v) is 6.30. The van der Waals surface area contributed by atoms with E-state index in [0.717, 1.165) is 16.8 Å². The predicted molar refractivity (Wildman–Crippen MR) is 92.6 cm³/mol. The first-order valence-electron chi connectivity index (χ1n) is 7.26. The number of carboxylic acid groups (broad SMARTS) is 1. The van der Waals surface area contributed by atoms with E-state index in [1.54, 1.807) is 24.3 Å². The van der Waals surface area contributed by atoms with E-state index in [9.17, 15) is 9.59 Å². The number of nitrogens with zero attached hydrogens (tertiary/aromatic N) is 1. The Balaban J connectivity index is 1.75. The monoisotopic (exact) mass is 364 g/mol. The van der Waals surface area contributed by atoms with Crippen LogP contribution in [0.4, 0.5) is 5.69 Å². The topological polar surface area (TPSA) is 69.6 Å². The average Bonchev–Trinajstić information content (AvgIpc) is 2.82. The molecule has 0 saturated heterocycles. The van der Waals surface area contributed by atoms with Gasteiger partial charge in [-0.05, 0) is 29.8 Å². The molecule has 0 aliphatic carbocycles. The van der Waals surface area contributed by atoms with E-state index in [1.165, 1.54) is 4.90 Å². The maximum atomic E-state index is 12.3. The highest BCUT2D eigenvalue weighted by atomic mass is 35.5. The van der Waals surface area contributed by atoms with Crippen molar-refractivity contribution >= 4 is 40.8 Å². The number of fused-ring (bicyclic) bond motifs is 1. The minimum Gasteiger partial charge on any atom is -0.480 e. The summed E-state index contributed by atoms with van der Waals surface area (Å²) in [4.78, 5) is 24.4. The molecule has 0 spiro atoms. The lowest BCUT2D eigenvalue weighted by atomic mass is 10.1. The molecule has 0 unspecified atom stereocenters. The molecule has 1 heterocycles. The first-order valence-corrected chi connectivity index (χ1v) is 8.02. The highest BCUT2D eigenvalue weighted by molar-refractivity contribution is 6.36. The summed E-state index contributed by atoms with van der Waals surface area (Å²) in [6, 6.07) is 10.7. The Morgan fingerprint density at radius 3 is 2.58 bits per heavy atom. The number of amides is 1. The quantitative estimate of drug-likeness (QED) is 0.849. The number of aliphatic carboxylic acids is 1. The summed E-state index contributed by atoms with van der Waals surface area (Å²) in [5, 5.41) is 13.2. The summed E-state index contributed by atoms with van der Waals surface area (Å²) in [6.07, 6.45) is 0. The molecule has 5 nitrogen and oxygen atoms in total.